The lowest BCUT2D eigenvalue weighted by Gasteiger charge is -2.34. The maximum atomic E-state index is 12.3. The Bertz CT molecular complexity index is 222. The lowest BCUT2D eigenvalue weighted by Crippen LogP contribution is -2.34. The van der Waals surface area contributed by atoms with Gasteiger partial charge in [-0.05, 0) is 30.8 Å². The van der Waals surface area contributed by atoms with Crippen LogP contribution in [0.25, 0.3) is 0 Å². The average Bonchev–Trinajstić information content (AvgIpc) is 2.35. The van der Waals surface area contributed by atoms with Crippen LogP contribution in [0.4, 0.5) is 0 Å². The summed E-state index contributed by atoms with van der Waals surface area (Å²) in [7, 11) is 0. The first kappa shape index (κ1) is 11.8. The second-order valence-corrected chi connectivity index (χ2v) is 7.54. The van der Waals surface area contributed by atoms with Crippen molar-refractivity contribution in [2.75, 3.05) is 11.5 Å². The highest BCUT2D eigenvalue weighted by Crippen LogP contribution is 2.47. The van der Waals surface area contributed by atoms with Gasteiger partial charge in [-0.2, -0.15) is 0 Å². The number of carbonyl (C=O) groups excluding carboxylic acids is 1. The number of rotatable bonds is 0. The third-order valence-corrected chi connectivity index (χ3v) is 6.78. The van der Waals surface area contributed by atoms with Crippen molar-refractivity contribution < 1.29 is 4.79 Å². The van der Waals surface area contributed by atoms with Crippen molar-refractivity contribution in [3.05, 3.63) is 0 Å². The minimum absolute atomic E-state index is 0.0252. The van der Waals surface area contributed by atoms with Crippen molar-refractivity contribution in [1.82, 2.24) is 0 Å². The Labute approximate surface area is 101 Å². The quantitative estimate of drug-likeness (QED) is 0.644. The summed E-state index contributed by atoms with van der Waals surface area (Å²) >= 11 is 3.88. The standard InChI is InChI=1S/C12H20OS2/c13-11-7-4-2-1-3-5-8-12(11)14-9-6-10-15-12/h1-10H2. The largest absolute Gasteiger partial charge is 0.297 e. The predicted molar refractivity (Wildman–Crippen MR) is 69.6 cm³/mol. The highest BCUT2D eigenvalue weighted by Gasteiger charge is 2.39. The van der Waals surface area contributed by atoms with Crippen molar-refractivity contribution in [3.8, 4) is 0 Å². The minimum Gasteiger partial charge on any atom is -0.297 e. The van der Waals surface area contributed by atoms with Gasteiger partial charge in [-0.25, -0.2) is 0 Å². The van der Waals surface area contributed by atoms with Gasteiger partial charge in [-0.15, -0.1) is 23.5 Å². The first-order valence-electron chi connectivity index (χ1n) is 6.15. The number of carbonyl (C=O) groups is 1. The van der Waals surface area contributed by atoms with E-state index in [-0.39, 0.29) is 4.08 Å². The van der Waals surface area contributed by atoms with E-state index in [0.29, 0.717) is 5.78 Å². The molecule has 2 fully saturated rings. The Balaban J connectivity index is 2.05. The molecule has 1 saturated heterocycles. The number of ketones is 1. The molecule has 0 amide bonds. The van der Waals surface area contributed by atoms with Gasteiger partial charge in [0.25, 0.3) is 0 Å². The van der Waals surface area contributed by atoms with Gasteiger partial charge < -0.3 is 0 Å². The number of hydrogen-bond donors (Lipinski definition) is 0. The average molecular weight is 244 g/mol. The van der Waals surface area contributed by atoms with E-state index in [4.69, 9.17) is 0 Å². The van der Waals surface area contributed by atoms with Gasteiger partial charge in [-0.1, -0.05) is 25.7 Å². The Hall–Kier alpha value is 0.370. The van der Waals surface area contributed by atoms with Crippen molar-refractivity contribution >= 4 is 29.3 Å². The second-order valence-electron chi connectivity index (χ2n) is 4.49. The third-order valence-electron chi connectivity index (χ3n) is 3.29. The summed E-state index contributed by atoms with van der Waals surface area (Å²) in [6.45, 7) is 0. The van der Waals surface area contributed by atoms with Crippen LogP contribution in [0.2, 0.25) is 0 Å². The monoisotopic (exact) mass is 244 g/mol. The summed E-state index contributed by atoms with van der Waals surface area (Å²) in [4.78, 5) is 12.3. The molecule has 0 N–H and O–H groups in total. The Morgan fingerprint density at radius 1 is 0.867 bits per heavy atom. The molecule has 0 aromatic rings. The Morgan fingerprint density at radius 3 is 2.33 bits per heavy atom. The molecule has 0 unspecified atom stereocenters. The van der Waals surface area contributed by atoms with Crippen molar-refractivity contribution in [3.63, 3.8) is 0 Å². The highest BCUT2D eigenvalue weighted by atomic mass is 32.2. The van der Waals surface area contributed by atoms with Crippen LogP contribution in [0.15, 0.2) is 0 Å². The number of hydrogen-bond acceptors (Lipinski definition) is 3. The summed E-state index contributed by atoms with van der Waals surface area (Å²) in [6.07, 6.45) is 9.55. The lowest BCUT2D eigenvalue weighted by molar-refractivity contribution is -0.119. The van der Waals surface area contributed by atoms with Gasteiger partial charge in [0.2, 0.25) is 0 Å². The molecule has 2 rings (SSSR count). The SMILES string of the molecule is O=C1CCCCCCCC12SCCCS2. The van der Waals surface area contributed by atoms with Gasteiger partial charge in [0, 0.05) is 6.42 Å². The smallest absolute Gasteiger partial charge is 0.158 e. The van der Waals surface area contributed by atoms with E-state index >= 15 is 0 Å². The zero-order valence-corrected chi connectivity index (χ0v) is 10.9. The van der Waals surface area contributed by atoms with Crippen LogP contribution in [0.1, 0.15) is 51.4 Å². The van der Waals surface area contributed by atoms with Crippen LogP contribution in [-0.2, 0) is 4.79 Å². The predicted octanol–water partition coefficient (Wildman–Crippen LogP) is 3.87. The van der Waals surface area contributed by atoms with Gasteiger partial charge in [0.05, 0.1) is 0 Å². The van der Waals surface area contributed by atoms with E-state index in [1.807, 2.05) is 23.5 Å². The van der Waals surface area contributed by atoms with E-state index in [1.54, 1.807) is 0 Å². The van der Waals surface area contributed by atoms with Crippen LogP contribution >= 0.6 is 23.5 Å². The fourth-order valence-electron chi connectivity index (χ4n) is 2.38. The normalized spacial score (nSPS) is 28.1. The molecule has 1 aliphatic carbocycles. The second kappa shape index (κ2) is 5.62. The van der Waals surface area contributed by atoms with E-state index in [0.717, 1.165) is 19.3 Å². The molecule has 2 aliphatic rings. The van der Waals surface area contributed by atoms with Gasteiger partial charge in [-0.3, -0.25) is 4.79 Å². The molecule has 3 heteroatoms. The van der Waals surface area contributed by atoms with E-state index in [2.05, 4.69) is 0 Å². The molecule has 0 aromatic heterocycles. The maximum absolute atomic E-state index is 12.3. The molecule has 86 valence electrons. The molecule has 0 bridgehead atoms. The fraction of sp³-hybridized carbons (Fsp3) is 0.917. The topological polar surface area (TPSA) is 17.1 Å². The van der Waals surface area contributed by atoms with Crippen molar-refractivity contribution in [2.24, 2.45) is 0 Å². The van der Waals surface area contributed by atoms with Gasteiger partial charge >= 0.3 is 0 Å². The number of Topliss-reactive ketones (excluding diaryl/α,β-unsaturated/α-hetero) is 1. The summed E-state index contributed by atoms with van der Waals surface area (Å²) in [5.74, 6) is 2.93. The molecule has 0 aromatic carbocycles. The van der Waals surface area contributed by atoms with E-state index in [1.165, 1.54) is 43.6 Å². The van der Waals surface area contributed by atoms with E-state index < -0.39 is 0 Å². The molecule has 0 radical (unpaired) electrons. The first-order valence-corrected chi connectivity index (χ1v) is 8.12. The molecular weight excluding hydrogens is 224 g/mol. The molecule has 1 aliphatic heterocycles. The Kier molecular flexibility index (Phi) is 4.44. The zero-order chi connectivity index (χ0) is 10.6. The van der Waals surface area contributed by atoms with E-state index in [9.17, 15) is 4.79 Å². The van der Waals surface area contributed by atoms with Gasteiger partial charge in [0.1, 0.15) is 4.08 Å². The molecule has 1 nitrogen and oxygen atoms in total. The summed E-state index contributed by atoms with van der Waals surface area (Å²) in [5.41, 5.74) is 0. The molecular formula is C12H20OS2. The van der Waals surface area contributed by atoms with Crippen LogP contribution < -0.4 is 0 Å². The van der Waals surface area contributed by atoms with Crippen molar-refractivity contribution in [1.29, 1.82) is 0 Å². The van der Waals surface area contributed by atoms with Gasteiger partial charge in [0.15, 0.2) is 5.78 Å². The third kappa shape index (κ3) is 2.94. The summed E-state index contributed by atoms with van der Waals surface area (Å²) in [6, 6.07) is 0. The van der Waals surface area contributed by atoms with Crippen LogP contribution in [0, 0.1) is 0 Å². The van der Waals surface area contributed by atoms with Crippen LogP contribution in [-0.4, -0.2) is 21.4 Å². The first-order chi connectivity index (χ1) is 7.33. The molecule has 1 saturated carbocycles. The lowest BCUT2D eigenvalue weighted by atomic mass is 10.1. The van der Waals surface area contributed by atoms with Crippen molar-refractivity contribution in [2.45, 2.75) is 55.4 Å². The zero-order valence-electron chi connectivity index (χ0n) is 9.30. The molecule has 1 spiro atoms. The summed E-state index contributed by atoms with van der Waals surface area (Å²) in [5, 5.41) is 0. The number of thioether (sulfide) groups is 2. The molecule has 1 heterocycles. The molecule has 15 heavy (non-hydrogen) atoms. The van der Waals surface area contributed by atoms with Crippen LogP contribution in [0.5, 0.6) is 0 Å². The Morgan fingerprint density at radius 2 is 1.53 bits per heavy atom. The molecule has 0 atom stereocenters. The fourth-order valence-corrected chi connectivity index (χ4v) is 5.74. The minimum atomic E-state index is -0.0252. The van der Waals surface area contributed by atoms with Crippen LogP contribution in [0.3, 0.4) is 0 Å². The highest BCUT2D eigenvalue weighted by molar-refractivity contribution is 8.19. The maximum Gasteiger partial charge on any atom is 0.158 e. The summed E-state index contributed by atoms with van der Waals surface area (Å²) < 4.78 is -0.0252.